The van der Waals surface area contributed by atoms with Gasteiger partial charge < -0.3 is 13.6 Å². The van der Waals surface area contributed by atoms with Crippen LogP contribution >= 0.6 is 0 Å². The van der Waals surface area contributed by atoms with E-state index in [0.717, 1.165) is 44.4 Å². The van der Waals surface area contributed by atoms with E-state index in [2.05, 4.69) is 203 Å². The molecule has 0 aliphatic rings. The van der Waals surface area contributed by atoms with E-state index in [1.807, 2.05) is 12.1 Å². The molecular weight excluding hydrogens is 693 g/mol. The molecule has 0 bridgehead atoms. The van der Waals surface area contributed by atoms with Crippen LogP contribution in [0.1, 0.15) is 0 Å². The van der Waals surface area contributed by atoms with E-state index in [-0.39, 0.29) is 0 Å². The summed E-state index contributed by atoms with van der Waals surface area (Å²) in [6.45, 7) is 0. The number of nitrogens with zero attached hydrogens (tertiary/aromatic N) is 2. The van der Waals surface area contributed by atoms with Gasteiger partial charge in [-0.1, -0.05) is 152 Å². The SMILES string of the molecule is c1ccc(-c2cccc(-n3c4ccccc4c4c(-c5cccc6c5c5ccccc5n6-c5ccc(-c6cccc7c6oc6ccccc67)cc5)cccc43)c2)cc1. The highest BCUT2D eigenvalue weighted by Crippen LogP contribution is 2.44. The van der Waals surface area contributed by atoms with Crippen LogP contribution in [-0.4, -0.2) is 9.13 Å². The Bertz CT molecular complexity index is 3510. The molecule has 0 saturated heterocycles. The maximum atomic E-state index is 6.41. The summed E-state index contributed by atoms with van der Waals surface area (Å²) in [5.41, 5.74) is 15.9. The summed E-state index contributed by atoms with van der Waals surface area (Å²) in [5.74, 6) is 0. The van der Waals surface area contributed by atoms with E-state index in [9.17, 15) is 0 Å². The van der Waals surface area contributed by atoms with Crippen molar-refractivity contribution in [3.05, 3.63) is 206 Å². The molecule has 0 spiro atoms. The smallest absolute Gasteiger partial charge is 0.143 e. The third-order valence-corrected chi connectivity index (χ3v) is 11.7. The number of para-hydroxylation sites is 4. The fourth-order valence-corrected chi connectivity index (χ4v) is 9.26. The van der Waals surface area contributed by atoms with Gasteiger partial charge in [0.1, 0.15) is 11.2 Å². The minimum Gasteiger partial charge on any atom is -0.455 e. The molecule has 0 aliphatic carbocycles. The predicted octanol–water partition coefficient (Wildman–Crippen LogP) is 14.8. The van der Waals surface area contributed by atoms with Crippen LogP contribution in [0.25, 0.3) is 110 Å². The highest BCUT2D eigenvalue weighted by atomic mass is 16.3. The van der Waals surface area contributed by atoms with Crippen molar-refractivity contribution in [2.45, 2.75) is 0 Å². The number of benzene rings is 9. The van der Waals surface area contributed by atoms with Gasteiger partial charge in [-0.15, -0.1) is 0 Å². The predicted molar refractivity (Wildman–Crippen MR) is 239 cm³/mol. The normalized spacial score (nSPS) is 11.9. The van der Waals surface area contributed by atoms with Crippen LogP contribution in [0.3, 0.4) is 0 Å². The van der Waals surface area contributed by atoms with Gasteiger partial charge in [-0.25, -0.2) is 0 Å². The molecule has 0 N–H and O–H groups in total. The van der Waals surface area contributed by atoms with Crippen LogP contribution in [0, 0.1) is 0 Å². The number of furan rings is 1. The van der Waals surface area contributed by atoms with Gasteiger partial charge in [-0.05, 0) is 82.4 Å². The number of rotatable bonds is 5. The monoisotopic (exact) mass is 726 g/mol. The average Bonchev–Trinajstić information content (AvgIpc) is 3.95. The van der Waals surface area contributed by atoms with Gasteiger partial charge in [0.2, 0.25) is 0 Å². The van der Waals surface area contributed by atoms with Crippen molar-refractivity contribution in [2.75, 3.05) is 0 Å². The van der Waals surface area contributed by atoms with Gasteiger partial charge >= 0.3 is 0 Å². The number of aromatic nitrogens is 2. The largest absolute Gasteiger partial charge is 0.455 e. The Balaban J connectivity index is 1.04. The number of fused-ring (bicyclic) bond motifs is 9. The first-order valence-corrected chi connectivity index (χ1v) is 19.5. The highest BCUT2D eigenvalue weighted by molar-refractivity contribution is 6.22. The van der Waals surface area contributed by atoms with Crippen molar-refractivity contribution in [3.63, 3.8) is 0 Å². The van der Waals surface area contributed by atoms with Crippen molar-refractivity contribution in [1.29, 1.82) is 0 Å². The quantitative estimate of drug-likeness (QED) is 0.173. The second-order valence-corrected chi connectivity index (χ2v) is 14.8. The van der Waals surface area contributed by atoms with Crippen LogP contribution in [-0.2, 0) is 0 Å². The molecule has 3 heterocycles. The van der Waals surface area contributed by atoms with Gasteiger partial charge in [0.05, 0.1) is 22.1 Å². The molecule has 12 rings (SSSR count). The van der Waals surface area contributed by atoms with Crippen LogP contribution in [0.2, 0.25) is 0 Å². The van der Waals surface area contributed by atoms with Gasteiger partial charge in [-0.3, -0.25) is 0 Å². The van der Waals surface area contributed by atoms with Crippen molar-refractivity contribution in [2.24, 2.45) is 0 Å². The lowest BCUT2D eigenvalue weighted by molar-refractivity contribution is 0.670. The minimum atomic E-state index is 0.912. The molecule has 266 valence electrons. The number of hydrogen-bond donors (Lipinski definition) is 0. The molecule has 57 heavy (non-hydrogen) atoms. The van der Waals surface area contributed by atoms with Crippen LogP contribution in [0.15, 0.2) is 211 Å². The zero-order valence-corrected chi connectivity index (χ0v) is 30.9. The Morgan fingerprint density at radius 2 is 0.807 bits per heavy atom. The number of hydrogen-bond acceptors (Lipinski definition) is 1. The summed E-state index contributed by atoms with van der Waals surface area (Å²) in [6, 6.07) is 74.4. The second kappa shape index (κ2) is 12.5. The van der Waals surface area contributed by atoms with E-state index >= 15 is 0 Å². The van der Waals surface area contributed by atoms with Gasteiger partial charge in [-0.2, -0.15) is 0 Å². The van der Waals surface area contributed by atoms with E-state index in [0.29, 0.717) is 0 Å². The zero-order chi connectivity index (χ0) is 37.5. The van der Waals surface area contributed by atoms with Crippen LogP contribution < -0.4 is 0 Å². The van der Waals surface area contributed by atoms with Crippen LogP contribution in [0.5, 0.6) is 0 Å². The Morgan fingerprint density at radius 3 is 1.51 bits per heavy atom. The average molecular weight is 727 g/mol. The lowest BCUT2D eigenvalue weighted by atomic mass is 9.95. The maximum Gasteiger partial charge on any atom is 0.143 e. The standard InChI is InChI=1S/C54H34N2O/c1-2-14-35(15-3-1)37-16-10-17-39(34-37)56-48-26-8-5-20-46(48)53-43(23-13-28-50(53)56)42-22-12-27-49-52(42)45-19-4-7-25-47(45)55(49)38-32-30-36(31-33-38)40-21-11-24-44-41-18-6-9-29-51(41)57-54(40)44/h1-34H. The topological polar surface area (TPSA) is 23.0 Å². The summed E-state index contributed by atoms with van der Waals surface area (Å²) in [7, 11) is 0. The first-order chi connectivity index (χ1) is 28.3. The fraction of sp³-hybridized carbons (Fsp3) is 0. The third kappa shape index (κ3) is 4.79. The first-order valence-electron chi connectivity index (χ1n) is 19.5. The second-order valence-electron chi connectivity index (χ2n) is 14.8. The summed E-state index contributed by atoms with van der Waals surface area (Å²) >= 11 is 0. The van der Waals surface area contributed by atoms with Gasteiger partial charge in [0.25, 0.3) is 0 Å². The van der Waals surface area contributed by atoms with E-state index in [1.165, 1.54) is 65.9 Å². The molecule has 0 saturated carbocycles. The first kappa shape index (κ1) is 31.7. The molecule has 0 unspecified atom stereocenters. The molecule has 3 aromatic heterocycles. The van der Waals surface area contributed by atoms with Gasteiger partial charge in [0.15, 0.2) is 0 Å². The van der Waals surface area contributed by atoms with Gasteiger partial charge in [0, 0.05) is 49.3 Å². The Kier molecular flexibility index (Phi) is 6.93. The van der Waals surface area contributed by atoms with E-state index in [1.54, 1.807) is 0 Å². The van der Waals surface area contributed by atoms with E-state index in [4.69, 9.17) is 4.42 Å². The molecule has 0 fully saturated rings. The molecule has 9 aromatic carbocycles. The fourth-order valence-electron chi connectivity index (χ4n) is 9.26. The lowest BCUT2D eigenvalue weighted by Gasteiger charge is -2.12. The molecule has 3 heteroatoms. The Labute approximate surface area is 328 Å². The molecule has 12 aromatic rings. The highest BCUT2D eigenvalue weighted by Gasteiger charge is 2.21. The molecule has 0 amide bonds. The Morgan fingerprint density at radius 1 is 0.298 bits per heavy atom. The molecule has 0 radical (unpaired) electrons. The lowest BCUT2D eigenvalue weighted by Crippen LogP contribution is -1.94. The summed E-state index contributed by atoms with van der Waals surface area (Å²) in [6.07, 6.45) is 0. The Hall–Kier alpha value is -7.62. The summed E-state index contributed by atoms with van der Waals surface area (Å²) < 4.78 is 11.3. The van der Waals surface area contributed by atoms with E-state index < -0.39 is 0 Å². The minimum absolute atomic E-state index is 0.912. The van der Waals surface area contributed by atoms with Crippen LogP contribution in [0.4, 0.5) is 0 Å². The van der Waals surface area contributed by atoms with Crippen molar-refractivity contribution >= 4 is 65.6 Å². The maximum absolute atomic E-state index is 6.41. The third-order valence-electron chi connectivity index (χ3n) is 11.7. The summed E-state index contributed by atoms with van der Waals surface area (Å²) in [5, 5.41) is 7.26. The van der Waals surface area contributed by atoms with Crippen molar-refractivity contribution in [1.82, 2.24) is 9.13 Å². The van der Waals surface area contributed by atoms with Crippen molar-refractivity contribution < 1.29 is 4.42 Å². The molecule has 0 atom stereocenters. The molecule has 3 nitrogen and oxygen atoms in total. The molecule has 0 aliphatic heterocycles. The zero-order valence-electron chi connectivity index (χ0n) is 30.9. The molecular formula is C54H34N2O. The summed E-state index contributed by atoms with van der Waals surface area (Å²) in [4.78, 5) is 0. The van der Waals surface area contributed by atoms with Crippen molar-refractivity contribution in [3.8, 4) is 44.8 Å².